The maximum absolute atomic E-state index is 12.6. The second-order valence-electron chi connectivity index (χ2n) is 7.25. The van der Waals surface area contributed by atoms with E-state index in [0.29, 0.717) is 27.6 Å². The minimum atomic E-state index is -0.944. The van der Waals surface area contributed by atoms with Crippen LogP contribution < -0.4 is 20.2 Å². The summed E-state index contributed by atoms with van der Waals surface area (Å²) in [4.78, 5) is 38.3. The third-order valence-corrected chi connectivity index (χ3v) is 6.32. The lowest BCUT2D eigenvalue weighted by Gasteiger charge is -2.08. The van der Waals surface area contributed by atoms with Crippen LogP contribution in [0.1, 0.15) is 52.5 Å². The minimum Gasteiger partial charge on any atom is -0.462 e. The highest BCUT2D eigenvalue weighted by atomic mass is 32.1. The number of thiophene rings is 1. The first kappa shape index (κ1) is 21.8. The van der Waals surface area contributed by atoms with E-state index in [0.717, 1.165) is 42.5 Å². The van der Waals surface area contributed by atoms with Crippen LogP contribution in [0.25, 0.3) is 0 Å². The highest BCUT2D eigenvalue weighted by Gasteiger charge is 2.27. The molecule has 0 saturated heterocycles. The van der Waals surface area contributed by atoms with Gasteiger partial charge in [-0.05, 0) is 61.9 Å². The summed E-state index contributed by atoms with van der Waals surface area (Å²) in [5.41, 5.74) is 4.15. The summed E-state index contributed by atoms with van der Waals surface area (Å²) in [5.74, 6) is -1.11. The first-order chi connectivity index (χ1) is 15.6. The summed E-state index contributed by atoms with van der Waals surface area (Å²) in [7, 11) is 0. The number of benzene rings is 1. The number of rotatable bonds is 5. The normalized spacial score (nSPS) is 14.5. The minimum absolute atomic E-state index is 0.159. The topological polar surface area (TPSA) is 115 Å². The summed E-state index contributed by atoms with van der Waals surface area (Å²) in [6.07, 6.45) is 6.08. The van der Waals surface area contributed by atoms with E-state index in [-0.39, 0.29) is 13.4 Å². The fourth-order valence-electron chi connectivity index (χ4n) is 3.62. The molecule has 2 amide bonds. The molecule has 1 aromatic heterocycles. The molecule has 0 spiro atoms. The van der Waals surface area contributed by atoms with Crippen LogP contribution in [0.2, 0.25) is 0 Å². The van der Waals surface area contributed by atoms with E-state index in [1.165, 1.54) is 17.6 Å². The first-order valence-electron chi connectivity index (χ1n) is 10.4. The molecule has 4 rings (SSSR count). The molecule has 2 aliphatic rings. The van der Waals surface area contributed by atoms with E-state index in [9.17, 15) is 14.4 Å². The van der Waals surface area contributed by atoms with E-state index >= 15 is 0 Å². The molecular formula is C22H23N3O6S. The lowest BCUT2D eigenvalue weighted by molar-refractivity contribution is -0.136. The number of carbonyl (C=O) groups excluding carboxylic acids is 3. The van der Waals surface area contributed by atoms with Gasteiger partial charge in [-0.25, -0.2) is 10.2 Å². The van der Waals surface area contributed by atoms with Gasteiger partial charge in [0.25, 0.3) is 0 Å². The number of carbonyl (C=O) groups is 3. The van der Waals surface area contributed by atoms with Crippen LogP contribution >= 0.6 is 11.3 Å². The molecule has 1 aromatic carbocycles. The Morgan fingerprint density at radius 1 is 1.12 bits per heavy atom. The summed E-state index contributed by atoms with van der Waals surface area (Å²) in [5, 5.41) is 6.73. The molecule has 9 nitrogen and oxygen atoms in total. The molecule has 2 heterocycles. The predicted octanol–water partition coefficient (Wildman–Crippen LogP) is 3.01. The van der Waals surface area contributed by atoms with Crippen molar-refractivity contribution < 1.29 is 28.6 Å². The molecule has 1 aliphatic heterocycles. The van der Waals surface area contributed by atoms with Gasteiger partial charge in [0, 0.05) is 4.88 Å². The number of hydrogen-bond acceptors (Lipinski definition) is 8. The molecule has 0 radical (unpaired) electrons. The average Bonchev–Trinajstić information content (AvgIpc) is 3.31. The van der Waals surface area contributed by atoms with Gasteiger partial charge in [-0.15, -0.1) is 11.3 Å². The molecule has 168 valence electrons. The Balaban J connectivity index is 1.43. The number of hydrogen-bond donors (Lipinski definition) is 2. The summed E-state index contributed by atoms with van der Waals surface area (Å²) in [6, 6.07) is 5.19. The summed E-state index contributed by atoms with van der Waals surface area (Å²) < 4.78 is 15.7. The SMILES string of the molecule is CCOC(=O)c1c(NC(=O)C(=O)N/N=C/c2ccc3c(c2)OCO3)sc2c1CCCCC2. The largest absolute Gasteiger partial charge is 0.462 e. The van der Waals surface area contributed by atoms with Crippen molar-refractivity contribution in [3.63, 3.8) is 0 Å². The number of ether oxygens (including phenoxy) is 3. The van der Waals surface area contributed by atoms with Gasteiger partial charge in [-0.3, -0.25) is 9.59 Å². The van der Waals surface area contributed by atoms with Crippen molar-refractivity contribution in [2.24, 2.45) is 5.10 Å². The fourth-order valence-corrected chi connectivity index (χ4v) is 4.89. The standard InChI is InChI=1S/C22H23N3O6S/c1-2-29-22(28)18-14-6-4-3-5-7-17(14)32-21(18)24-19(26)20(27)25-23-11-13-8-9-15-16(10-13)31-12-30-15/h8-11H,2-7,12H2,1H3,(H,24,26)(H,25,27)/b23-11+. The van der Waals surface area contributed by atoms with Gasteiger partial charge in [0.1, 0.15) is 5.00 Å². The maximum atomic E-state index is 12.6. The number of anilines is 1. The van der Waals surface area contributed by atoms with E-state index in [4.69, 9.17) is 14.2 Å². The van der Waals surface area contributed by atoms with Gasteiger partial charge >= 0.3 is 17.8 Å². The smallest absolute Gasteiger partial charge is 0.341 e. The molecule has 10 heteroatoms. The average molecular weight is 458 g/mol. The molecular weight excluding hydrogens is 434 g/mol. The van der Waals surface area contributed by atoms with Crippen molar-refractivity contribution in [1.29, 1.82) is 0 Å². The Morgan fingerprint density at radius 3 is 2.78 bits per heavy atom. The Labute approximate surface area is 188 Å². The van der Waals surface area contributed by atoms with Crippen molar-refractivity contribution in [3.8, 4) is 11.5 Å². The Kier molecular flexibility index (Phi) is 6.69. The van der Waals surface area contributed by atoms with Gasteiger partial charge in [-0.1, -0.05) is 6.42 Å². The molecule has 0 fully saturated rings. The zero-order valence-corrected chi connectivity index (χ0v) is 18.4. The number of nitrogens with one attached hydrogen (secondary N) is 2. The van der Waals surface area contributed by atoms with Crippen LogP contribution in [-0.2, 0) is 27.2 Å². The Bertz CT molecular complexity index is 1080. The van der Waals surface area contributed by atoms with Crippen molar-refractivity contribution >= 4 is 40.3 Å². The van der Waals surface area contributed by atoms with Crippen molar-refractivity contribution in [3.05, 3.63) is 39.8 Å². The Hall–Kier alpha value is -3.40. The third-order valence-electron chi connectivity index (χ3n) is 5.11. The monoisotopic (exact) mass is 457 g/mol. The third kappa shape index (κ3) is 4.75. The van der Waals surface area contributed by atoms with Crippen molar-refractivity contribution in [2.45, 2.75) is 39.0 Å². The first-order valence-corrected chi connectivity index (χ1v) is 11.2. The Morgan fingerprint density at radius 2 is 1.94 bits per heavy atom. The number of esters is 1. The number of fused-ring (bicyclic) bond motifs is 2. The van der Waals surface area contributed by atoms with Gasteiger partial charge in [0.15, 0.2) is 11.5 Å². The molecule has 32 heavy (non-hydrogen) atoms. The molecule has 0 atom stereocenters. The predicted molar refractivity (Wildman–Crippen MR) is 118 cm³/mol. The van der Waals surface area contributed by atoms with Crippen molar-refractivity contribution in [2.75, 3.05) is 18.7 Å². The number of nitrogens with zero attached hydrogens (tertiary/aromatic N) is 1. The second-order valence-corrected chi connectivity index (χ2v) is 8.36. The lowest BCUT2D eigenvalue weighted by atomic mass is 10.1. The van der Waals surface area contributed by atoms with Gasteiger partial charge in [0.2, 0.25) is 6.79 Å². The van der Waals surface area contributed by atoms with Crippen LogP contribution in [0.3, 0.4) is 0 Å². The molecule has 0 saturated carbocycles. The molecule has 2 aromatic rings. The second kappa shape index (κ2) is 9.82. The number of aryl methyl sites for hydroxylation is 1. The molecule has 0 bridgehead atoms. The quantitative estimate of drug-likeness (QED) is 0.234. The van der Waals surface area contributed by atoms with Gasteiger partial charge in [-0.2, -0.15) is 5.10 Å². The fraction of sp³-hybridized carbons (Fsp3) is 0.364. The van der Waals surface area contributed by atoms with Crippen LogP contribution in [0.15, 0.2) is 23.3 Å². The molecule has 0 unspecified atom stereocenters. The van der Waals surface area contributed by atoms with E-state index < -0.39 is 17.8 Å². The van der Waals surface area contributed by atoms with Crippen molar-refractivity contribution in [1.82, 2.24) is 5.43 Å². The maximum Gasteiger partial charge on any atom is 0.341 e. The van der Waals surface area contributed by atoms with E-state index in [2.05, 4.69) is 15.8 Å². The zero-order valence-electron chi connectivity index (χ0n) is 17.6. The van der Waals surface area contributed by atoms with Crippen LogP contribution in [-0.4, -0.2) is 37.4 Å². The molecule has 2 N–H and O–H groups in total. The lowest BCUT2D eigenvalue weighted by Crippen LogP contribution is -2.32. The number of amides is 2. The highest BCUT2D eigenvalue weighted by molar-refractivity contribution is 7.17. The zero-order chi connectivity index (χ0) is 22.5. The van der Waals surface area contributed by atoms with E-state index in [1.54, 1.807) is 25.1 Å². The highest BCUT2D eigenvalue weighted by Crippen LogP contribution is 2.38. The van der Waals surface area contributed by atoms with Crippen LogP contribution in [0, 0.1) is 0 Å². The number of hydrazone groups is 1. The van der Waals surface area contributed by atoms with E-state index in [1.807, 2.05) is 0 Å². The van der Waals surface area contributed by atoms with Crippen LogP contribution in [0.4, 0.5) is 5.00 Å². The van der Waals surface area contributed by atoms with Crippen LogP contribution in [0.5, 0.6) is 11.5 Å². The summed E-state index contributed by atoms with van der Waals surface area (Å²) in [6.45, 7) is 2.12. The molecule has 1 aliphatic carbocycles. The van der Waals surface area contributed by atoms with Gasteiger partial charge < -0.3 is 19.5 Å². The summed E-state index contributed by atoms with van der Waals surface area (Å²) >= 11 is 1.33. The van der Waals surface area contributed by atoms with Gasteiger partial charge in [0.05, 0.1) is 18.4 Å².